The van der Waals surface area contributed by atoms with E-state index in [4.69, 9.17) is 37.9 Å². The highest BCUT2D eigenvalue weighted by Gasteiger charge is 2.18. The Kier molecular flexibility index (Phi) is 7.52. The molecule has 2 aromatic rings. The zero-order valence-electron chi connectivity index (χ0n) is 15.4. The van der Waals surface area contributed by atoms with Crippen molar-refractivity contribution in [1.82, 2.24) is 9.97 Å². The van der Waals surface area contributed by atoms with E-state index < -0.39 is 0 Å². The van der Waals surface area contributed by atoms with Crippen LogP contribution in [0.3, 0.4) is 0 Å². The monoisotopic (exact) mass is 380 g/mol. The molecule has 1 atom stereocenters. The number of hydrogen-bond acceptors (Lipinski definition) is 3. The normalized spacial score (nSPS) is 12.2. The van der Waals surface area contributed by atoms with E-state index in [-0.39, 0.29) is 6.10 Å². The number of hydrogen-bond donors (Lipinski definition) is 0. The molecule has 0 amide bonds. The molecule has 3 nitrogen and oxygen atoms in total. The fourth-order valence-corrected chi connectivity index (χ4v) is 3.28. The lowest BCUT2D eigenvalue weighted by atomic mass is 10.1. The van der Waals surface area contributed by atoms with Crippen molar-refractivity contribution in [2.45, 2.75) is 65.9 Å². The van der Waals surface area contributed by atoms with Crippen LogP contribution in [0, 0.1) is 0 Å². The fraction of sp³-hybridized carbons (Fsp3) is 0.500. The van der Waals surface area contributed by atoms with Crippen molar-refractivity contribution in [3.63, 3.8) is 0 Å². The number of halogens is 2. The molecule has 0 radical (unpaired) electrons. The van der Waals surface area contributed by atoms with Crippen molar-refractivity contribution in [2.24, 2.45) is 0 Å². The molecular formula is C20H26Cl2N2O. The molecule has 0 saturated carbocycles. The Bertz CT molecular complexity index is 719. The molecule has 0 bridgehead atoms. The first-order chi connectivity index (χ1) is 12.0. The molecule has 2 rings (SSSR count). The van der Waals surface area contributed by atoms with Gasteiger partial charge in [0.1, 0.15) is 11.8 Å². The third-order valence-electron chi connectivity index (χ3n) is 4.20. The predicted octanol–water partition coefficient (Wildman–Crippen LogP) is 6.53. The second-order valence-electron chi connectivity index (χ2n) is 6.04. The van der Waals surface area contributed by atoms with Gasteiger partial charge < -0.3 is 4.74 Å². The summed E-state index contributed by atoms with van der Waals surface area (Å²) in [5.41, 5.74) is 3.43. The standard InChI is InChI=1S/C20H26Cl2N2O/c1-5-9-14(6-2)25-20-18(8-4)23-19(17(7-3)24-20)15-11-10-13(21)12-16(15)22/h10-12,14H,5-9H2,1-4H3. The summed E-state index contributed by atoms with van der Waals surface area (Å²) in [5, 5.41) is 1.20. The topological polar surface area (TPSA) is 35.0 Å². The first-order valence-corrected chi connectivity index (χ1v) is 9.81. The zero-order valence-corrected chi connectivity index (χ0v) is 16.9. The van der Waals surface area contributed by atoms with Gasteiger partial charge in [0.05, 0.1) is 16.4 Å². The minimum Gasteiger partial charge on any atom is -0.473 e. The van der Waals surface area contributed by atoms with Crippen molar-refractivity contribution in [2.75, 3.05) is 0 Å². The van der Waals surface area contributed by atoms with E-state index in [1.165, 1.54) is 0 Å². The van der Waals surface area contributed by atoms with Crippen molar-refractivity contribution in [1.29, 1.82) is 0 Å². The summed E-state index contributed by atoms with van der Waals surface area (Å²) in [7, 11) is 0. The smallest absolute Gasteiger partial charge is 0.236 e. The Morgan fingerprint density at radius 1 is 1.00 bits per heavy atom. The molecule has 0 aliphatic carbocycles. The van der Waals surface area contributed by atoms with E-state index >= 15 is 0 Å². The van der Waals surface area contributed by atoms with Crippen LogP contribution in [0.25, 0.3) is 11.3 Å². The lowest BCUT2D eigenvalue weighted by molar-refractivity contribution is 0.175. The highest BCUT2D eigenvalue weighted by Crippen LogP contribution is 2.33. The van der Waals surface area contributed by atoms with E-state index in [0.29, 0.717) is 15.9 Å². The average molecular weight is 381 g/mol. The van der Waals surface area contributed by atoms with Gasteiger partial charge in [-0.3, -0.25) is 0 Å². The van der Waals surface area contributed by atoms with Crippen LogP contribution in [0.15, 0.2) is 18.2 Å². The molecule has 0 fully saturated rings. The van der Waals surface area contributed by atoms with Gasteiger partial charge in [0.15, 0.2) is 0 Å². The molecule has 25 heavy (non-hydrogen) atoms. The largest absolute Gasteiger partial charge is 0.473 e. The van der Waals surface area contributed by atoms with Gasteiger partial charge in [0, 0.05) is 10.6 Å². The first-order valence-electron chi connectivity index (χ1n) is 9.05. The maximum absolute atomic E-state index is 6.39. The van der Waals surface area contributed by atoms with Gasteiger partial charge in [0.25, 0.3) is 0 Å². The number of nitrogens with zero attached hydrogens (tertiary/aromatic N) is 2. The SMILES string of the molecule is CCCC(CC)Oc1nc(CC)c(-c2ccc(Cl)cc2Cl)nc1CC. The highest BCUT2D eigenvalue weighted by molar-refractivity contribution is 6.36. The molecule has 5 heteroatoms. The van der Waals surface area contributed by atoms with Gasteiger partial charge in [-0.05, 0) is 43.9 Å². The van der Waals surface area contributed by atoms with Gasteiger partial charge in [-0.25, -0.2) is 9.97 Å². The van der Waals surface area contributed by atoms with E-state index in [1.54, 1.807) is 6.07 Å². The Hall–Kier alpha value is -1.32. The summed E-state index contributed by atoms with van der Waals surface area (Å²) in [4.78, 5) is 9.65. The lowest BCUT2D eigenvalue weighted by Gasteiger charge is -2.20. The highest BCUT2D eigenvalue weighted by atomic mass is 35.5. The molecule has 136 valence electrons. The van der Waals surface area contributed by atoms with Crippen LogP contribution in [-0.4, -0.2) is 16.1 Å². The Morgan fingerprint density at radius 2 is 1.72 bits per heavy atom. The first kappa shape index (κ1) is 20.0. The molecule has 1 aromatic heterocycles. The summed E-state index contributed by atoms with van der Waals surface area (Å²) < 4.78 is 6.18. The van der Waals surface area contributed by atoms with Gasteiger partial charge in [-0.2, -0.15) is 0 Å². The number of ether oxygens (including phenoxy) is 1. The third kappa shape index (κ3) is 4.86. The Labute approximate surface area is 160 Å². The minimum atomic E-state index is 0.180. The number of aryl methyl sites for hydroxylation is 2. The number of rotatable bonds is 8. The maximum atomic E-state index is 6.39. The van der Waals surface area contributed by atoms with Gasteiger partial charge in [-0.15, -0.1) is 0 Å². The third-order valence-corrected chi connectivity index (χ3v) is 4.75. The molecule has 0 saturated heterocycles. The Balaban J connectivity index is 2.49. The van der Waals surface area contributed by atoms with Crippen LogP contribution >= 0.6 is 23.2 Å². The quantitative estimate of drug-likeness (QED) is 0.521. The summed E-state index contributed by atoms with van der Waals surface area (Å²) in [6.07, 6.45) is 4.77. The molecule has 0 aliphatic heterocycles. The van der Waals surface area contributed by atoms with Crippen molar-refractivity contribution >= 4 is 23.2 Å². The van der Waals surface area contributed by atoms with Crippen LogP contribution in [0.2, 0.25) is 10.0 Å². The number of benzene rings is 1. The molecule has 1 aromatic carbocycles. The maximum Gasteiger partial charge on any atom is 0.236 e. The minimum absolute atomic E-state index is 0.180. The van der Waals surface area contributed by atoms with Crippen LogP contribution < -0.4 is 4.74 Å². The lowest BCUT2D eigenvalue weighted by Crippen LogP contribution is -2.18. The van der Waals surface area contributed by atoms with Crippen molar-refractivity contribution < 1.29 is 4.74 Å². The average Bonchev–Trinajstić information content (AvgIpc) is 2.61. The van der Waals surface area contributed by atoms with Crippen LogP contribution in [0.5, 0.6) is 5.88 Å². The second kappa shape index (κ2) is 9.40. The fourth-order valence-electron chi connectivity index (χ4n) is 2.78. The van der Waals surface area contributed by atoms with Gasteiger partial charge in [-0.1, -0.05) is 57.3 Å². The van der Waals surface area contributed by atoms with E-state index in [0.717, 1.165) is 54.7 Å². The van der Waals surface area contributed by atoms with E-state index in [2.05, 4.69) is 27.7 Å². The molecule has 1 heterocycles. The second-order valence-corrected chi connectivity index (χ2v) is 6.88. The van der Waals surface area contributed by atoms with Crippen molar-refractivity contribution in [3.8, 4) is 17.1 Å². The molecule has 0 N–H and O–H groups in total. The summed E-state index contributed by atoms with van der Waals surface area (Å²) in [6.45, 7) is 8.44. The van der Waals surface area contributed by atoms with Crippen molar-refractivity contribution in [3.05, 3.63) is 39.6 Å². The molecule has 0 aliphatic rings. The Morgan fingerprint density at radius 3 is 2.28 bits per heavy atom. The number of aromatic nitrogens is 2. The van der Waals surface area contributed by atoms with Crippen LogP contribution in [-0.2, 0) is 12.8 Å². The molecule has 1 unspecified atom stereocenters. The molecular weight excluding hydrogens is 355 g/mol. The summed E-state index contributed by atoms with van der Waals surface area (Å²) in [6, 6.07) is 5.47. The van der Waals surface area contributed by atoms with E-state index in [9.17, 15) is 0 Å². The van der Waals surface area contributed by atoms with E-state index in [1.807, 2.05) is 12.1 Å². The summed E-state index contributed by atoms with van der Waals surface area (Å²) in [5.74, 6) is 0.661. The van der Waals surface area contributed by atoms with Crippen LogP contribution in [0.1, 0.15) is 58.3 Å². The van der Waals surface area contributed by atoms with Gasteiger partial charge in [0.2, 0.25) is 5.88 Å². The van der Waals surface area contributed by atoms with Crippen LogP contribution in [0.4, 0.5) is 0 Å². The molecule has 0 spiro atoms. The zero-order chi connectivity index (χ0) is 18.4. The predicted molar refractivity (Wildman–Crippen MR) is 106 cm³/mol. The van der Waals surface area contributed by atoms with Gasteiger partial charge >= 0.3 is 0 Å². The summed E-state index contributed by atoms with van der Waals surface area (Å²) >= 11 is 12.4.